The molecule has 1 aromatic heterocycles. The Bertz CT molecular complexity index is 174. The molecule has 0 amide bonds. The van der Waals surface area contributed by atoms with Crippen LogP contribution >= 0.6 is 0 Å². The second-order valence-electron chi connectivity index (χ2n) is 1.50. The molecule has 0 radical (unpaired) electrons. The molecule has 0 aliphatic rings. The van der Waals surface area contributed by atoms with Crippen LogP contribution in [-0.4, -0.2) is 9.78 Å². The van der Waals surface area contributed by atoms with E-state index < -0.39 is 5.82 Å². The molecule has 1 aromatic rings. The van der Waals surface area contributed by atoms with E-state index in [1.807, 2.05) is 0 Å². The molecule has 0 aliphatic carbocycles. The van der Waals surface area contributed by atoms with Crippen LogP contribution in [0.3, 0.4) is 0 Å². The topological polar surface area (TPSA) is 43.8 Å². The summed E-state index contributed by atoms with van der Waals surface area (Å²) in [5.74, 6) is -0.391. The van der Waals surface area contributed by atoms with Crippen molar-refractivity contribution in [3.63, 3.8) is 0 Å². The Kier molecular flexibility index (Phi) is 0.932. The van der Waals surface area contributed by atoms with Crippen LogP contribution in [0.25, 0.3) is 0 Å². The van der Waals surface area contributed by atoms with Gasteiger partial charge in [-0.2, -0.15) is 5.10 Å². The van der Waals surface area contributed by atoms with Gasteiger partial charge in [-0.25, -0.2) is 4.39 Å². The molecule has 0 fully saturated rings. The van der Waals surface area contributed by atoms with E-state index in [0.29, 0.717) is 0 Å². The summed E-state index contributed by atoms with van der Waals surface area (Å²) in [6.45, 7) is 0. The Morgan fingerprint density at radius 1 is 1.88 bits per heavy atom. The third kappa shape index (κ3) is 0.538. The second kappa shape index (κ2) is 1.47. The molecule has 0 aromatic carbocycles. The van der Waals surface area contributed by atoms with Crippen molar-refractivity contribution in [3.8, 4) is 0 Å². The molecule has 0 aliphatic heterocycles. The molecule has 1 rings (SSSR count). The number of nitrogen functional groups attached to an aromatic ring is 1. The number of rotatable bonds is 0. The zero-order valence-corrected chi connectivity index (χ0v) is 4.43. The largest absolute Gasteiger partial charge is 0.381 e. The smallest absolute Gasteiger partial charge is 0.184 e. The molecule has 0 saturated heterocycles. The molecule has 8 heavy (non-hydrogen) atoms. The van der Waals surface area contributed by atoms with E-state index in [2.05, 4.69) is 5.10 Å². The summed E-state index contributed by atoms with van der Waals surface area (Å²) in [6.07, 6.45) is 1.08. The molecule has 0 bridgehead atoms. The minimum Gasteiger partial charge on any atom is -0.381 e. The highest BCUT2D eigenvalue weighted by atomic mass is 19.1. The number of aromatic nitrogens is 2. The van der Waals surface area contributed by atoms with Gasteiger partial charge in [-0.05, 0) is 0 Å². The predicted octanol–water partition coefficient (Wildman–Crippen LogP) is 0.141. The molecule has 3 nitrogen and oxygen atoms in total. The highest BCUT2D eigenvalue weighted by Crippen LogP contribution is 2.03. The minimum atomic E-state index is -0.465. The van der Waals surface area contributed by atoms with Crippen molar-refractivity contribution in [2.24, 2.45) is 7.05 Å². The van der Waals surface area contributed by atoms with Crippen LogP contribution in [-0.2, 0) is 7.05 Å². The third-order valence-electron chi connectivity index (χ3n) is 0.938. The maximum absolute atomic E-state index is 12.1. The van der Waals surface area contributed by atoms with E-state index >= 15 is 0 Å². The number of anilines is 1. The summed E-state index contributed by atoms with van der Waals surface area (Å²) in [5, 5.41) is 3.53. The number of aryl methyl sites for hydroxylation is 1. The Labute approximate surface area is 45.9 Å². The first-order chi connectivity index (χ1) is 3.72. The van der Waals surface area contributed by atoms with Crippen LogP contribution in [0.4, 0.5) is 10.2 Å². The van der Waals surface area contributed by atoms with Gasteiger partial charge in [0.2, 0.25) is 0 Å². The van der Waals surface area contributed by atoms with Crippen LogP contribution < -0.4 is 5.73 Å². The van der Waals surface area contributed by atoms with Gasteiger partial charge >= 0.3 is 0 Å². The molecule has 0 spiro atoms. The average molecular weight is 115 g/mol. The highest BCUT2D eigenvalue weighted by molar-refractivity contribution is 5.27. The zero-order chi connectivity index (χ0) is 6.15. The first-order valence-electron chi connectivity index (χ1n) is 2.15. The van der Waals surface area contributed by atoms with Crippen molar-refractivity contribution in [1.29, 1.82) is 0 Å². The normalized spacial score (nSPS) is 9.75. The summed E-state index contributed by atoms with van der Waals surface area (Å²) in [7, 11) is 1.58. The highest BCUT2D eigenvalue weighted by Gasteiger charge is 1.99. The first-order valence-corrected chi connectivity index (χ1v) is 2.15. The summed E-state index contributed by atoms with van der Waals surface area (Å²) < 4.78 is 13.4. The van der Waals surface area contributed by atoms with Crippen molar-refractivity contribution in [2.45, 2.75) is 0 Å². The lowest BCUT2D eigenvalue weighted by molar-refractivity contribution is 0.631. The lowest BCUT2D eigenvalue weighted by atomic mass is 10.6. The van der Waals surface area contributed by atoms with Crippen molar-refractivity contribution in [3.05, 3.63) is 12.0 Å². The number of hydrogen-bond acceptors (Lipinski definition) is 2. The van der Waals surface area contributed by atoms with Crippen LogP contribution in [0.2, 0.25) is 0 Å². The monoisotopic (exact) mass is 115 g/mol. The predicted molar refractivity (Wildman–Crippen MR) is 27.6 cm³/mol. The fraction of sp³-hybridized carbons (Fsp3) is 0.250. The van der Waals surface area contributed by atoms with Gasteiger partial charge in [0.1, 0.15) is 0 Å². The average Bonchev–Trinajstić information content (AvgIpc) is 1.98. The van der Waals surface area contributed by atoms with Crippen LogP contribution in [0, 0.1) is 5.82 Å². The SMILES string of the molecule is Cn1ncc(F)c1N. The van der Waals surface area contributed by atoms with Gasteiger partial charge in [-0.3, -0.25) is 4.68 Å². The zero-order valence-electron chi connectivity index (χ0n) is 4.43. The van der Waals surface area contributed by atoms with E-state index in [4.69, 9.17) is 5.73 Å². The lowest BCUT2D eigenvalue weighted by Gasteiger charge is -1.88. The molecule has 0 atom stereocenters. The van der Waals surface area contributed by atoms with Gasteiger partial charge in [0, 0.05) is 7.05 Å². The molecule has 0 saturated carbocycles. The van der Waals surface area contributed by atoms with Crippen LogP contribution in [0.15, 0.2) is 6.20 Å². The Morgan fingerprint density at radius 3 is 2.62 bits per heavy atom. The van der Waals surface area contributed by atoms with E-state index in [-0.39, 0.29) is 5.82 Å². The second-order valence-corrected chi connectivity index (χ2v) is 1.50. The molecular weight excluding hydrogens is 109 g/mol. The molecule has 0 unspecified atom stereocenters. The van der Waals surface area contributed by atoms with Gasteiger partial charge in [0.05, 0.1) is 6.20 Å². The van der Waals surface area contributed by atoms with Gasteiger partial charge in [0.25, 0.3) is 0 Å². The summed E-state index contributed by atoms with van der Waals surface area (Å²) in [4.78, 5) is 0. The molecule has 44 valence electrons. The summed E-state index contributed by atoms with van der Waals surface area (Å²) in [5.41, 5.74) is 5.13. The van der Waals surface area contributed by atoms with Gasteiger partial charge < -0.3 is 5.73 Å². The maximum Gasteiger partial charge on any atom is 0.184 e. The molecule has 2 N–H and O–H groups in total. The number of hydrogen-bond donors (Lipinski definition) is 1. The minimum absolute atomic E-state index is 0.0741. The van der Waals surface area contributed by atoms with E-state index in [0.717, 1.165) is 6.20 Å². The van der Waals surface area contributed by atoms with Crippen LogP contribution in [0.5, 0.6) is 0 Å². The van der Waals surface area contributed by atoms with Crippen molar-refractivity contribution < 1.29 is 4.39 Å². The Balaban J connectivity index is 3.19. The number of nitrogens with two attached hydrogens (primary N) is 1. The fourth-order valence-electron chi connectivity index (χ4n) is 0.420. The molecule has 4 heteroatoms. The van der Waals surface area contributed by atoms with Crippen molar-refractivity contribution in [2.75, 3.05) is 5.73 Å². The van der Waals surface area contributed by atoms with Gasteiger partial charge in [0.15, 0.2) is 11.6 Å². The number of halogens is 1. The summed E-state index contributed by atoms with van der Waals surface area (Å²) in [6, 6.07) is 0. The van der Waals surface area contributed by atoms with E-state index in [1.54, 1.807) is 7.05 Å². The molecule has 1 heterocycles. The van der Waals surface area contributed by atoms with E-state index in [9.17, 15) is 4.39 Å². The fourth-order valence-corrected chi connectivity index (χ4v) is 0.420. The molecular formula is C4H6FN3. The lowest BCUT2D eigenvalue weighted by Crippen LogP contribution is -1.97. The van der Waals surface area contributed by atoms with Gasteiger partial charge in [-0.15, -0.1) is 0 Å². The Morgan fingerprint density at radius 2 is 2.50 bits per heavy atom. The quantitative estimate of drug-likeness (QED) is 0.522. The first kappa shape index (κ1) is 5.08. The van der Waals surface area contributed by atoms with E-state index in [1.165, 1.54) is 4.68 Å². The Hall–Kier alpha value is -1.06. The number of nitrogens with zero attached hydrogens (tertiary/aromatic N) is 2. The van der Waals surface area contributed by atoms with Crippen molar-refractivity contribution in [1.82, 2.24) is 9.78 Å². The standard InChI is InChI=1S/C4H6FN3/c1-8-4(6)3(5)2-7-8/h2H,6H2,1H3. The van der Waals surface area contributed by atoms with Gasteiger partial charge in [-0.1, -0.05) is 0 Å². The summed E-state index contributed by atoms with van der Waals surface area (Å²) >= 11 is 0. The maximum atomic E-state index is 12.1. The van der Waals surface area contributed by atoms with Crippen molar-refractivity contribution >= 4 is 5.82 Å². The van der Waals surface area contributed by atoms with Crippen LogP contribution in [0.1, 0.15) is 0 Å². The third-order valence-corrected chi connectivity index (χ3v) is 0.938.